The normalized spacial score (nSPS) is 22.5. The molecule has 2 aliphatic rings. The van der Waals surface area contributed by atoms with Crippen LogP contribution in [0, 0.1) is 0 Å². The van der Waals surface area contributed by atoms with E-state index in [0.717, 1.165) is 11.0 Å². The van der Waals surface area contributed by atoms with Gasteiger partial charge in [-0.1, -0.05) is 24.3 Å². The number of carbonyl (C=O) groups excluding carboxylic acids is 1. The Morgan fingerprint density at radius 3 is 2.21 bits per heavy atom. The fraction of sp³-hybridized carbons (Fsp3) is 0.611. The minimum Gasteiger partial charge on any atom is -0.399 e. The molecule has 1 amide bonds. The first-order valence-corrected chi connectivity index (χ1v) is 8.47. The summed E-state index contributed by atoms with van der Waals surface area (Å²) in [6.07, 6.45) is 0.611. The minimum absolute atomic E-state index is 0.145. The second-order valence-electron chi connectivity index (χ2n) is 7.66. The van der Waals surface area contributed by atoms with Gasteiger partial charge in [0.2, 0.25) is 5.91 Å². The van der Waals surface area contributed by atoms with Crippen LogP contribution in [0.5, 0.6) is 0 Å². The van der Waals surface area contributed by atoms with Gasteiger partial charge in [-0.3, -0.25) is 4.79 Å². The molecule has 0 N–H and O–H groups in total. The van der Waals surface area contributed by atoms with Crippen LogP contribution in [-0.4, -0.2) is 55.4 Å². The van der Waals surface area contributed by atoms with Gasteiger partial charge < -0.3 is 18.9 Å². The summed E-state index contributed by atoms with van der Waals surface area (Å²) in [5, 5.41) is 0. The van der Waals surface area contributed by atoms with Crippen molar-refractivity contribution in [3.8, 4) is 0 Å². The Morgan fingerprint density at radius 1 is 1.17 bits per heavy atom. The maximum absolute atomic E-state index is 12.2. The molecule has 6 heteroatoms. The van der Waals surface area contributed by atoms with Crippen LogP contribution < -0.4 is 5.46 Å². The van der Waals surface area contributed by atoms with E-state index >= 15 is 0 Å². The van der Waals surface area contributed by atoms with Crippen molar-refractivity contribution in [3.05, 3.63) is 29.8 Å². The SMILES string of the molecule is COC1CN(C(=O)Cc2ccc(B3OC(C)(C)C(C)(C)O3)cc2)C1. The van der Waals surface area contributed by atoms with Gasteiger partial charge in [0, 0.05) is 20.2 Å². The van der Waals surface area contributed by atoms with Crippen molar-refractivity contribution in [1.29, 1.82) is 0 Å². The molecule has 2 saturated heterocycles. The Bertz CT molecular complexity index is 592. The second kappa shape index (κ2) is 6.17. The highest BCUT2D eigenvalue weighted by Crippen LogP contribution is 2.36. The van der Waals surface area contributed by atoms with Crippen LogP contribution in [0.3, 0.4) is 0 Å². The smallest absolute Gasteiger partial charge is 0.399 e. The first-order valence-electron chi connectivity index (χ1n) is 8.47. The third-order valence-electron chi connectivity index (χ3n) is 5.39. The van der Waals surface area contributed by atoms with E-state index in [1.807, 2.05) is 56.9 Å². The highest BCUT2D eigenvalue weighted by Gasteiger charge is 2.51. The number of ether oxygens (including phenoxy) is 1. The lowest BCUT2D eigenvalue weighted by molar-refractivity contribution is -0.142. The first kappa shape index (κ1) is 17.5. The Balaban J connectivity index is 1.59. The van der Waals surface area contributed by atoms with Crippen LogP contribution in [0.25, 0.3) is 0 Å². The van der Waals surface area contributed by atoms with Crippen LogP contribution in [0.1, 0.15) is 33.3 Å². The molecule has 0 radical (unpaired) electrons. The summed E-state index contributed by atoms with van der Waals surface area (Å²) >= 11 is 0. The molecule has 0 aromatic heterocycles. The maximum Gasteiger partial charge on any atom is 0.494 e. The summed E-state index contributed by atoms with van der Waals surface area (Å²) in [4.78, 5) is 14.0. The van der Waals surface area contributed by atoms with Crippen LogP contribution in [0.4, 0.5) is 0 Å². The predicted molar refractivity (Wildman–Crippen MR) is 93.2 cm³/mol. The molecule has 0 spiro atoms. The largest absolute Gasteiger partial charge is 0.494 e. The van der Waals surface area contributed by atoms with Crippen molar-refractivity contribution in [2.45, 2.75) is 51.4 Å². The average molecular weight is 331 g/mol. The zero-order valence-corrected chi connectivity index (χ0v) is 15.2. The van der Waals surface area contributed by atoms with Crippen molar-refractivity contribution in [3.63, 3.8) is 0 Å². The molecule has 2 aliphatic heterocycles. The van der Waals surface area contributed by atoms with E-state index in [9.17, 15) is 4.79 Å². The molecule has 0 unspecified atom stereocenters. The number of rotatable bonds is 4. The summed E-state index contributed by atoms with van der Waals surface area (Å²) in [6.45, 7) is 9.56. The Labute approximate surface area is 144 Å². The van der Waals surface area contributed by atoms with Gasteiger partial charge in [0.15, 0.2) is 0 Å². The first-order chi connectivity index (χ1) is 11.2. The van der Waals surface area contributed by atoms with Crippen molar-refractivity contribution in [2.24, 2.45) is 0 Å². The van der Waals surface area contributed by atoms with Gasteiger partial charge in [-0.2, -0.15) is 0 Å². The van der Waals surface area contributed by atoms with E-state index in [1.54, 1.807) is 7.11 Å². The summed E-state index contributed by atoms with van der Waals surface area (Å²) < 4.78 is 17.3. The summed E-state index contributed by atoms with van der Waals surface area (Å²) in [5.74, 6) is 0.145. The van der Waals surface area contributed by atoms with Gasteiger partial charge >= 0.3 is 7.12 Å². The zero-order valence-electron chi connectivity index (χ0n) is 15.2. The number of hydrogen-bond donors (Lipinski definition) is 0. The Morgan fingerprint density at radius 2 is 1.71 bits per heavy atom. The molecule has 1 aromatic carbocycles. The fourth-order valence-electron chi connectivity index (χ4n) is 2.85. The zero-order chi connectivity index (χ0) is 17.5. The van der Waals surface area contributed by atoms with Crippen LogP contribution >= 0.6 is 0 Å². The molecule has 2 heterocycles. The number of amides is 1. The Kier molecular flexibility index (Phi) is 4.49. The molecule has 5 nitrogen and oxygen atoms in total. The second-order valence-corrected chi connectivity index (χ2v) is 7.66. The molecule has 0 aliphatic carbocycles. The molecular weight excluding hydrogens is 305 g/mol. The maximum atomic E-state index is 12.2. The summed E-state index contributed by atoms with van der Waals surface area (Å²) in [6, 6.07) is 7.93. The lowest BCUT2D eigenvalue weighted by Gasteiger charge is -2.38. The molecule has 0 saturated carbocycles. The van der Waals surface area contributed by atoms with Crippen molar-refractivity contribution >= 4 is 18.5 Å². The highest BCUT2D eigenvalue weighted by atomic mass is 16.7. The molecule has 2 fully saturated rings. The third-order valence-corrected chi connectivity index (χ3v) is 5.39. The topological polar surface area (TPSA) is 48.0 Å². The number of methoxy groups -OCH3 is 1. The average Bonchev–Trinajstić information content (AvgIpc) is 2.67. The molecule has 0 bridgehead atoms. The standard InChI is InChI=1S/C18H26BNO4/c1-17(2)18(3,4)24-19(23-17)14-8-6-13(7-9-14)10-16(21)20-11-15(12-20)22-5/h6-9,15H,10-12H2,1-5H3. The van der Waals surface area contributed by atoms with E-state index in [1.165, 1.54) is 0 Å². The number of hydrogen-bond acceptors (Lipinski definition) is 4. The van der Waals surface area contributed by atoms with Crippen molar-refractivity contribution < 1.29 is 18.8 Å². The van der Waals surface area contributed by atoms with E-state index in [-0.39, 0.29) is 30.3 Å². The molecule has 1 aromatic rings. The van der Waals surface area contributed by atoms with Gasteiger partial charge in [0.05, 0.1) is 23.7 Å². The van der Waals surface area contributed by atoms with Crippen molar-refractivity contribution in [1.82, 2.24) is 4.90 Å². The van der Waals surface area contributed by atoms with Gasteiger partial charge in [0.25, 0.3) is 0 Å². The van der Waals surface area contributed by atoms with Crippen molar-refractivity contribution in [2.75, 3.05) is 20.2 Å². The highest BCUT2D eigenvalue weighted by molar-refractivity contribution is 6.62. The third kappa shape index (κ3) is 3.23. The van der Waals surface area contributed by atoms with Gasteiger partial charge in [0.1, 0.15) is 0 Å². The number of likely N-dealkylation sites (tertiary alicyclic amines) is 1. The minimum atomic E-state index is -0.363. The van der Waals surface area contributed by atoms with E-state index in [2.05, 4.69) is 0 Å². The Hall–Kier alpha value is -1.37. The van der Waals surface area contributed by atoms with E-state index < -0.39 is 0 Å². The molecular formula is C18H26BNO4. The number of nitrogens with zero attached hydrogens (tertiary/aromatic N) is 1. The van der Waals surface area contributed by atoms with Gasteiger partial charge in [-0.25, -0.2) is 0 Å². The van der Waals surface area contributed by atoms with Gasteiger partial charge in [-0.05, 0) is 38.7 Å². The summed E-state index contributed by atoms with van der Waals surface area (Å²) in [7, 11) is 1.32. The quantitative estimate of drug-likeness (QED) is 0.783. The number of carbonyl (C=O) groups is 1. The predicted octanol–water partition coefficient (Wildman–Crippen LogP) is 1.39. The number of benzene rings is 1. The van der Waals surface area contributed by atoms with E-state index in [0.29, 0.717) is 19.5 Å². The lowest BCUT2D eigenvalue weighted by Crippen LogP contribution is -2.54. The van der Waals surface area contributed by atoms with Crippen LogP contribution in [-0.2, 0) is 25.3 Å². The molecule has 0 atom stereocenters. The van der Waals surface area contributed by atoms with E-state index in [4.69, 9.17) is 14.0 Å². The molecule has 3 rings (SSSR count). The summed E-state index contributed by atoms with van der Waals surface area (Å²) in [5.41, 5.74) is 1.29. The molecule has 130 valence electrons. The van der Waals surface area contributed by atoms with Gasteiger partial charge in [-0.15, -0.1) is 0 Å². The lowest BCUT2D eigenvalue weighted by atomic mass is 9.79. The monoisotopic (exact) mass is 331 g/mol. The fourth-order valence-corrected chi connectivity index (χ4v) is 2.85. The van der Waals surface area contributed by atoms with Crippen LogP contribution in [0.2, 0.25) is 0 Å². The molecule has 24 heavy (non-hydrogen) atoms. The van der Waals surface area contributed by atoms with Crippen LogP contribution in [0.15, 0.2) is 24.3 Å².